The highest BCUT2D eigenvalue weighted by atomic mass is 15.9. The van der Waals surface area contributed by atoms with Crippen molar-refractivity contribution in [1.29, 1.82) is 0 Å². The molecule has 1 fully saturated rings. The van der Waals surface area contributed by atoms with E-state index < -0.39 is 0 Å². The fourth-order valence-corrected chi connectivity index (χ4v) is 2.63. The quantitative estimate of drug-likeness (QED) is 0.447. The Morgan fingerprint density at radius 2 is 1.13 bits per heavy atom. The molecule has 0 aromatic carbocycles. The molecule has 0 aromatic heterocycles. The predicted molar refractivity (Wildman–Crippen MR) is 66.5 cm³/mol. The van der Waals surface area contributed by atoms with Crippen LogP contribution in [0.15, 0.2) is 0 Å². The lowest BCUT2D eigenvalue weighted by atomic mass is 9.98. The van der Waals surface area contributed by atoms with E-state index in [0.717, 1.165) is 0 Å². The molecule has 1 aliphatic heterocycles. The smallest absolute Gasteiger partial charge is 0.0998 e. The van der Waals surface area contributed by atoms with E-state index in [2.05, 4.69) is 38.0 Å². The fraction of sp³-hybridized carbons (Fsp3) is 1.00. The van der Waals surface area contributed by atoms with E-state index in [0.29, 0.717) is 5.66 Å². The van der Waals surface area contributed by atoms with Gasteiger partial charge < -0.3 is 0 Å². The fourth-order valence-electron chi connectivity index (χ4n) is 2.63. The summed E-state index contributed by atoms with van der Waals surface area (Å²) in [6.45, 7) is 4.56. The second kappa shape index (κ2) is 5.86. The van der Waals surface area contributed by atoms with Crippen LogP contribution in [0.4, 0.5) is 0 Å². The standard InChI is InChI=1S/C13H28N2/c1-5-7-9-11-13(12-10-8-6-2)14(3)15(13)4/h5-12H2,1-4H3. The monoisotopic (exact) mass is 212 g/mol. The zero-order valence-corrected chi connectivity index (χ0v) is 11.1. The molecule has 0 saturated carbocycles. The molecule has 0 aromatic rings. The van der Waals surface area contributed by atoms with Crippen LogP contribution < -0.4 is 0 Å². The maximum absolute atomic E-state index is 2.43. The molecule has 2 atom stereocenters. The molecular weight excluding hydrogens is 184 g/mol. The van der Waals surface area contributed by atoms with E-state index in [-0.39, 0.29) is 0 Å². The molecule has 0 amide bonds. The van der Waals surface area contributed by atoms with E-state index in [1.165, 1.54) is 51.4 Å². The summed E-state index contributed by atoms with van der Waals surface area (Å²) < 4.78 is 0. The van der Waals surface area contributed by atoms with Gasteiger partial charge in [-0.1, -0.05) is 52.4 Å². The second-order valence-electron chi connectivity index (χ2n) is 4.94. The molecule has 0 spiro atoms. The lowest BCUT2D eigenvalue weighted by Gasteiger charge is -2.14. The SMILES string of the molecule is CCCCCC1(CCCCC)N(C)N1C. The average Bonchev–Trinajstić information content (AvgIpc) is 2.73. The van der Waals surface area contributed by atoms with Gasteiger partial charge in [-0.2, -0.15) is 0 Å². The molecule has 90 valence electrons. The van der Waals surface area contributed by atoms with Crippen LogP contribution in [-0.4, -0.2) is 29.8 Å². The van der Waals surface area contributed by atoms with Gasteiger partial charge in [-0.05, 0) is 12.8 Å². The number of hydrazine groups is 1. The molecule has 1 aliphatic rings. The Balaban J connectivity index is 2.29. The number of hydrogen-bond donors (Lipinski definition) is 0. The molecule has 1 heterocycles. The second-order valence-corrected chi connectivity index (χ2v) is 4.94. The Morgan fingerprint density at radius 3 is 1.40 bits per heavy atom. The van der Waals surface area contributed by atoms with Crippen molar-refractivity contribution in [2.75, 3.05) is 14.1 Å². The minimum Gasteiger partial charge on any atom is -0.222 e. The molecular formula is C13H28N2. The van der Waals surface area contributed by atoms with Gasteiger partial charge in [0.2, 0.25) is 0 Å². The Morgan fingerprint density at radius 1 is 0.733 bits per heavy atom. The summed E-state index contributed by atoms with van der Waals surface area (Å²) in [5, 5.41) is 4.86. The summed E-state index contributed by atoms with van der Waals surface area (Å²) in [6.07, 6.45) is 10.9. The van der Waals surface area contributed by atoms with E-state index in [1.54, 1.807) is 0 Å². The van der Waals surface area contributed by atoms with Crippen LogP contribution >= 0.6 is 0 Å². The maximum Gasteiger partial charge on any atom is 0.0998 e. The largest absolute Gasteiger partial charge is 0.222 e. The topological polar surface area (TPSA) is 6.02 Å². The van der Waals surface area contributed by atoms with Crippen LogP contribution in [0, 0.1) is 0 Å². The van der Waals surface area contributed by atoms with E-state index in [1.807, 2.05) is 0 Å². The normalized spacial score (nSPS) is 28.0. The Bertz CT molecular complexity index is 159. The van der Waals surface area contributed by atoms with Crippen LogP contribution in [0.3, 0.4) is 0 Å². The molecule has 1 rings (SSSR count). The Kier molecular flexibility index (Phi) is 5.07. The third kappa shape index (κ3) is 2.94. The van der Waals surface area contributed by atoms with Crippen LogP contribution in [0.5, 0.6) is 0 Å². The summed E-state index contributed by atoms with van der Waals surface area (Å²) in [6, 6.07) is 0. The molecule has 2 heteroatoms. The van der Waals surface area contributed by atoms with Crippen LogP contribution in [0.1, 0.15) is 65.2 Å². The number of hydrogen-bond acceptors (Lipinski definition) is 2. The molecule has 0 aliphatic carbocycles. The highest BCUT2D eigenvalue weighted by Crippen LogP contribution is 2.44. The van der Waals surface area contributed by atoms with Gasteiger partial charge in [-0.25, -0.2) is 10.0 Å². The molecule has 2 unspecified atom stereocenters. The first-order valence-electron chi connectivity index (χ1n) is 6.66. The van der Waals surface area contributed by atoms with Crippen molar-refractivity contribution in [3.05, 3.63) is 0 Å². The number of unbranched alkanes of at least 4 members (excludes halogenated alkanes) is 4. The third-order valence-corrected chi connectivity index (χ3v) is 3.98. The molecule has 2 nitrogen and oxygen atoms in total. The highest BCUT2D eigenvalue weighted by molar-refractivity contribution is 4.96. The van der Waals surface area contributed by atoms with Crippen LogP contribution in [0.2, 0.25) is 0 Å². The Labute approximate surface area is 95.6 Å². The first-order valence-corrected chi connectivity index (χ1v) is 6.66. The lowest BCUT2D eigenvalue weighted by molar-refractivity contribution is 0.375. The molecule has 0 bridgehead atoms. The molecule has 1 saturated heterocycles. The minimum absolute atomic E-state index is 0.435. The first kappa shape index (κ1) is 13.0. The van der Waals surface area contributed by atoms with Gasteiger partial charge in [-0.3, -0.25) is 0 Å². The lowest BCUT2D eigenvalue weighted by Crippen LogP contribution is -2.18. The van der Waals surface area contributed by atoms with Crippen molar-refractivity contribution >= 4 is 0 Å². The van der Waals surface area contributed by atoms with Gasteiger partial charge in [0.25, 0.3) is 0 Å². The van der Waals surface area contributed by atoms with Gasteiger partial charge in [0.05, 0.1) is 5.66 Å². The van der Waals surface area contributed by atoms with Crippen molar-refractivity contribution in [3.8, 4) is 0 Å². The van der Waals surface area contributed by atoms with Gasteiger partial charge in [0.15, 0.2) is 0 Å². The summed E-state index contributed by atoms with van der Waals surface area (Å²) in [5.74, 6) is 0. The minimum atomic E-state index is 0.435. The van der Waals surface area contributed by atoms with Crippen molar-refractivity contribution in [2.24, 2.45) is 0 Å². The summed E-state index contributed by atoms with van der Waals surface area (Å²) in [4.78, 5) is 0. The van der Waals surface area contributed by atoms with E-state index in [9.17, 15) is 0 Å². The van der Waals surface area contributed by atoms with Crippen molar-refractivity contribution in [1.82, 2.24) is 10.0 Å². The average molecular weight is 212 g/mol. The van der Waals surface area contributed by atoms with E-state index >= 15 is 0 Å². The summed E-state index contributed by atoms with van der Waals surface area (Å²) in [7, 11) is 4.47. The van der Waals surface area contributed by atoms with Gasteiger partial charge in [0.1, 0.15) is 0 Å². The highest BCUT2D eigenvalue weighted by Gasteiger charge is 2.54. The van der Waals surface area contributed by atoms with Gasteiger partial charge >= 0.3 is 0 Å². The van der Waals surface area contributed by atoms with Gasteiger partial charge in [-0.15, -0.1) is 0 Å². The number of nitrogens with zero attached hydrogens (tertiary/aromatic N) is 2. The van der Waals surface area contributed by atoms with Crippen LogP contribution in [0.25, 0.3) is 0 Å². The van der Waals surface area contributed by atoms with Gasteiger partial charge in [0, 0.05) is 14.1 Å². The molecule has 0 N–H and O–H groups in total. The zero-order valence-electron chi connectivity index (χ0n) is 11.1. The van der Waals surface area contributed by atoms with Crippen molar-refractivity contribution in [3.63, 3.8) is 0 Å². The molecule has 15 heavy (non-hydrogen) atoms. The zero-order chi connectivity index (χ0) is 11.3. The van der Waals surface area contributed by atoms with E-state index in [4.69, 9.17) is 0 Å². The number of rotatable bonds is 8. The molecule has 0 radical (unpaired) electrons. The summed E-state index contributed by atoms with van der Waals surface area (Å²) >= 11 is 0. The van der Waals surface area contributed by atoms with Crippen LogP contribution in [-0.2, 0) is 0 Å². The summed E-state index contributed by atoms with van der Waals surface area (Å²) in [5.41, 5.74) is 0.435. The first-order chi connectivity index (χ1) is 7.19. The predicted octanol–water partition coefficient (Wildman–Crippen LogP) is 3.64. The maximum atomic E-state index is 2.43. The van der Waals surface area contributed by atoms with Crippen molar-refractivity contribution in [2.45, 2.75) is 70.9 Å². The van der Waals surface area contributed by atoms with Crippen molar-refractivity contribution < 1.29 is 0 Å². The third-order valence-electron chi connectivity index (χ3n) is 3.98. The Hall–Kier alpha value is -0.0800.